The largest absolute Gasteiger partial charge is 0.465 e. The molecule has 2 aromatic carbocycles. The highest BCUT2D eigenvalue weighted by atomic mass is 35.5. The Kier molecular flexibility index (Phi) is 6.78. The number of carbonyl (C=O) groups is 2. The van der Waals surface area contributed by atoms with Crippen molar-refractivity contribution in [2.75, 3.05) is 6.61 Å². The quantitative estimate of drug-likeness (QED) is 0.450. The number of nitrogens with zero attached hydrogens (tertiary/aromatic N) is 1. The number of ether oxygens (including phenoxy) is 1. The molecule has 1 heterocycles. The normalized spacial score (nSPS) is 22.0. The number of ketones is 1. The Morgan fingerprint density at radius 1 is 1.12 bits per heavy atom. The van der Waals surface area contributed by atoms with Gasteiger partial charge in [-0.2, -0.15) is 0 Å². The van der Waals surface area contributed by atoms with E-state index < -0.39 is 17.8 Å². The van der Waals surface area contributed by atoms with Gasteiger partial charge in [0.05, 0.1) is 6.61 Å². The number of esters is 1. The molecule has 0 radical (unpaired) electrons. The minimum absolute atomic E-state index is 0.00982. The SMILES string of the molecule is CC1=NC2=C(C(=O)CC(C)(C)C2)[C@H](c2ccc(Cl)cc2Cl)C1C(=O)OCCc1ccccc1. The fraction of sp³-hybridized carbons (Fsp3) is 0.370. The van der Waals surface area contributed by atoms with Gasteiger partial charge in [-0.1, -0.05) is 73.4 Å². The number of allylic oxidation sites excluding steroid dienone is 2. The fourth-order valence-electron chi connectivity index (χ4n) is 4.84. The zero-order chi connectivity index (χ0) is 23.8. The van der Waals surface area contributed by atoms with E-state index in [-0.39, 0.29) is 17.8 Å². The summed E-state index contributed by atoms with van der Waals surface area (Å²) < 4.78 is 5.70. The number of hydrogen-bond donors (Lipinski definition) is 0. The van der Waals surface area contributed by atoms with Gasteiger partial charge in [-0.05, 0) is 42.0 Å². The van der Waals surface area contributed by atoms with Gasteiger partial charge < -0.3 is 4.74 Å². The Morgan fingerprint density at radius 2 is 1.85 bits per heavy atom. The lowest BCUT2D eigenvalue weighted by atomic mass is 9.67. The van der Waals surface area contributed by atoms with Gasteiger partial charge >= 0.3 is 5.97 Å². The van der Waals surface area contributed by atoms with E-state index in [0.29, 0.717) is 46.2 Å². The molecule has 2 atom stereocenters. The second kappa shape index (κ2) is 9.44. The first-order chi connectivity index (χ1) is 15.7. The Bertz CT molecular complexity index is 1150. The maximum Gasteiger partial charge on any atom is 0.315 e. The molecular weight excluding hydrogens is 457 g/mol. The molecule has 4 rings (SSSR count). The minimum atomic E-state index is -0.719. The molecule has 0 bridgehead atoms. The third-order valence-electron chi connectivity index (χ3n) is 6.33. The Labute approximate surface area is 204 Å². The lowest BCUT2D eigenvalue weighted by Crippen LogP contribution is -2.39. The van der Waals surface area contributed by atoms with Crippen molar-refractivity contribution in [3.8, 4) is 0 Å². The van der Waals surface area contributed by atoms with E-state index in [2.05, 4.69) is 13.8 Å². The van der Waals surface area contributed by atoms with Crippen LogP contribution in [0.1, 0.15) is 50.7 Å². The molecule has 0 amide bonds. The second-order valence-electron chi connectivity index (χ2n) is 9.58. The van der Waals surface area contributed by atoms with Crippen LogP contribution in [0.5, 0.6) is 0 Å². The van der Waals surface area contributed by atoms with Crippen LogP contribution in [0.25, 0.3) is 0 Å². The number of aliphatic imine (C=N–C) groups is 1. The van der Waals surface area contributed by atoms with E-state index in [4.69, 9.17) is 32.9 Å². The van der Waals surface area contributed by atoms with Crippen molar-refractivity contribution < 1.29 is 14.3 Å². The monoisotopic (exact) mass is 483 g/mol. The highest BCUT2D eigenvalue weighted by molar-refractivity contribution is 6.35. The summed E-state index contributed by atoms with van der Waals surface area (Å²) in [4.78, 5) is 31.4. The first kappa shape index (κ1) is 23.7. The first-order valence-corrected chi connectivity index (χ1v) is 11.9. The van der Waals surface area contributed by atoms with Crippen molar-refractivity contribution in [2.45, 2.75) is 46.0 Å². The molecule has 6 heteroatoms. The van der Waals surface area contributed by atoms with Gasteiger partial charge in [-0.25, -0.2) is 0 Å². The number of Topliss-reactive ketones (excluding diaryl/α,β-unsaturated/α-hetero) is 1. The molecule has 0 spiro atoms. The fourth-order valence-corrected chi connectivity index (χ4v) is 5.37. The van der Waals surface area contributed by atoms with Crippen LogP contribution in [0.2, 0.25) is 10.0 Å². The van der Waals surface area contributed by atoms with Gasteiger partial charge in [0.25, 0.3) is 0 Å². The molecule has 4 nitrogen and oxygen atoms in total. The summed E-state index contributed by atoms with van der Waals surface area (Å²) in [6, 6.07) is 15.0. The number of hydrogen-bond acceptors (Lipinski definition) is 4. The number of halogens is 2. The van der Waals surface area contributed by atoms with Crippen molar-refractivity contribution in [3.63, 3.8) is 0 Å². The van der Waals surface area contributed by atoms with Gasteiger partial charge in [-0.3, -0.25) is 14.6 Å². The van der Waals surface area contributed by atoms with Crippen molar-refractivity contribution in [1.29, 1.82) is 0 Å². The van der Waals surface area contributed by atoms with Crippen LogP contribution in [0.4, 0.5) is 0 Å². The van der Waals surface area contributed by atoms with Crippen LogP contribution in [0.15, 0.2) is 64.8 Å². The topological polar surface area (TPSA) is 55.7 Å². The Morgan fingerprint density at radius 3 is 2.55 bits per heavy atom. The maximum atomic E-state index is 13.4. The standard InChI is InChI=1S/C27H27Cl2NO3/c1-16-23(26(32)33-12-11-17-7-5-4-6-8-17)24(19-10-9-18(28)13-20(19)29)25-21(30-16)14-27(2,3)15-22(25)31/h4-10,13,23-24H,11-12,14-15H2,1-3H3/t23?,24-/m1/s1. The van der Waals surface area contributed by atoms with Gasteiger partial charge in [0.1, 0.15) is 5.92 Å². The first-order valence-electron chi connectivity index (χ1n) is 11.1. The van der Waals surface area contributed by atoms with Gasteiger partial charge in [0.2, 0.25) is 0 Å². The molecule has 0 saturated carbocycles. The predicted molar refractivity (Wildman–Crippen MR) is 132 cm³/mol. The van der Waals surface area contributed by atoms with E-state index in [0.717, 1.165) is 11.3 Å². The van der Waals surface area contributed by atoms with Gasteiger partial charge in [0.15, 0.2) is 5.78 Å². The molecule has 2 aromatic rings. The highest BCUT2D eigenvalue weighted by Crippen LogP contribution is 2.49. The summed E-state index contributed by atoms with van der Waals surface area (Å²) in [6.07, 6.45) is 1.68. The third-order valence-corrected chi connectivity index (χ3v) is 6.89. The van der Waals surface area contributed by atoms with Crippen molar-refractivity contribution in [2.24, 2.45) is 16.3 Å². The van der Waals surface area contributed by atoms with Crippen molar-refractivity contribution >= 4 is 40.7 Å². The lowest BCUT2D eigenvalue weighted by Gasteiger charge is -2.39. The average molecular weight is 484 g/mol. The Hall–Kier alpha value is -2.43. The van der Waals surface area contributed by atoms with Crippen LogP contribution in [0.3, 0.4) is 0 Å². The lowest BCUT2D eigenvalue weighted by molar-refractivity contribution is -0.146. The summed E-state index contributed by atoms with van der Waals surface area (Å²) >= 11 is 12.7. The number of carbonyl (C=O) groups excluding carboxylic acids is 2. The molecule has 0 fully saturated rings. The number of rotatable bonds is 5. The second-order valence-corrected chi connectivity index (χ2v) is 10.4. The zero-order valence-corrected chi connectivity index (χ0v) is 20.5. The molecule has 33 heavy (non-hydrogen) atoms. The maximum absolute atomic E-state index is 13.4. The van der Waals surface area contributed by atoms with E-state index >= 15 is 0 Å². The van der Waals surface area contributed by atoms with Crippen LogP contribution in [0, 0.1) is 11.3 Å². The molecule has 1 aliphatic carbocycles. The van der Waals surface area contributed by atoms with E-state index in [1.54, 1.807) is 18.2 Å². The van der Waals surface area contributed by atoms with Crippen LogP contribution in [-0.4, -0.2) is 24.1 Å². The summed E-state index contributed by atoms with van der Waals surface area (Å²) in [5, 5.41) is 0.922. The minimum Gasteiger partial charge on any atom is -0.465 e. The van der Waals surface area contributed by atoms with E-state index in [9.17, 15) is 9.59 Å². The molecule has 2 aliphatic rings. The molecule has 0 N–H and O–H groups in total. The van der Waals surface area contributed by atoms with E-state index in [1.807, 2.05) is 37.3 Å². The van der Waals surface area contributed by atoms with Crippen molar-refractivity contribution in [1.82, 2.24) is 0 Å². The smallest absolute Gasteiger partial charge is 0.315 e. The Balaban J connectivity index is 1.69. The summed E-state index contributed by atoms with van der Waals surface area (Å²) in [6.45, 7) is 6.21. The highest BCUT2D eigenvalue weighted by Gasteiger charge is 2.46. The zero-order valence-electron chi connectivity index (χ0n) is 19.0. The molecular formula is C27H27Cl2NO3. The third kappa shape index (κ3) is 5.07. The average Bonchev–Trinajstić information content (AvgIpc) is 2.72. The van der Waals surface area contributed by atoms with Crippen LogP contribution < -0.4 is 0 Å². The summed E-state index contributed by atoms with van der Waals surface area (Å²) in [5.74, 6) is -1.65. The van der Waals surface area contributed by atoms with Gasteiger partial charge in [-0.15, -0.1) is 0 Å². The van der Waals surface area contributed by atoms with Crippen LogP contribution in [-0.2, 0) is 20.7 Å². The van der Waals surface area contributed by atoms with Crippen molar-refractivity contribution in [3.05, 3.63) is 81.0 Å². The summed E-state index contributed by atoms with van der Waals surface area (Å²) in [5.41, 5.74) is 3.57. The van der Waals surface area contributed by atoms with E-state index in [1.165, 1.54) is 0 Å². The molecule has 0 saturated heterocycles. The summed E-state index contributed by atoms with van der Waals surface area (Å²) in [7, 11) is 0. The molecule has 1 aliphatic heterocycles. The molecule has 0 aromatic heterocycles. The molecule has 1 unspecified atom stereocenters. The predicted octanol–water partition coefficient (Wildman–Crippen LogP) is 6.60. The van der Waals surface area contributed by atoms with Gasteiger partial charge in [0, 0.05) is 45.8 Å². The molecule has 172 valence electrons. The van der Waals surface area contributed by atoms with Crippen LogP contribution >= 0.6 is 23.2 Å². The number of benzene rings is 2.